The maximum atomic E-state index is 13.3. The third-order valence-corrected chi connectivity index (χ3v) is 4.14. The number of aromatic nitrogens is 4. The molecule has 0 atom stereocenters. The molecule has 0 amide bonds. The second kappa shape index (κ2) is 6.49. The van der Waals surface area contributed by atoms with E-state index in [0.29, 0.717) is 28.2 Å². The van der Waals surface area contributed by atoms with E-state index in [9.17, 15) is 14.3 Å². The Labute approximate surface area is 153 Å². The molecule has 0 radical (unpaired) electrons. The van der Waals surface area contributed by atoms with Crippen molar-refractivity contribution in [3.8, 4) is 11.3 Å². The average Bonchev–Trinajstić information content (AvgIpc) is 3.11. The predicted molar refractivity (Wildman–Crippen MR) is 98.5 cm³/mol. The average molecular weight is 363 g/mol. The highest BCUT2D eigenvalue weighted by Gasteiger charge is 2.19. The van der Waals surface area contributed by atoms with Gasteiger partial charge in [-0.05, 0) is 42.5 Å². The number of nitrogens with one attached hydrogen (secondary N) is 1. The minimum absolute atomic E-state index is 0.00348. The number of aromatic amines is 1. The SMILES string of the molecule is CN(c1cccnc1)c1nc2[nH]c(C(=O)O)cc2nc1-c1ccc(F)cc1. The summed E-state index contributed by atoms with van der Waals surface area (Å²) in [5.41, 5.74) is 2.70. The number of rotatable bonds is 4. The quantitative estimate of drug-likeness (QED) is 0.575. The molecule has 8 heteroatoms. The Morgan fingerprint density at radius 3 is 2.63 bits per heavy atom. The lowest BCUT2D eigenvalue weighted by Crippen LogP contribution is -2.13. The first-order chi connectivity index (χ1) is 13.0. The highest BCUT2D eigenvalue weighted by molar-refractivity contribution is 5.93. The number of nitrogens with zero attached hydrogens (tertiary/aromatic N) is 4. The lowest BCUT2D eigenvalue weighted by Gasteiger charge is -2.20. The number of anilines is 2. The lowest BCUT2D eigenvalue weighted by molar-refractivity contribution is 0.0691. The highest BCUT2D eigenvalue weighted by atomic mass is 19.1. The zero-order chi connectivity index (χ0) is 19.0. The zero-order valence-electron chi connectivity index (χ0n) is 14.2. The van der Waals surface area contributed by atoms with E-state index in [0.717, 1.165) is 5.69 Å². The number of halogens is 1. The van der Waals surface area contributed by atoms with E-state index in [1.54, 1.807) is 42.5 Å². The molecule has 0 aliphatic rings. The van der Waals surface area contributed by atoms with Gasteiger partial charge in [0.2, 0.25) is 0 Å². The van der Waals surface area contributed by atoms with Gasteiger partial charge in [0.25, 0.3) is 0 Å². The molecule has 27 heavy (non-hydrogen) atoms. The van der Waals surface area contributed by atoms with E-state index in [4.69, 9.17) is 0 Å². The molecule has 3 aromatic heterocycles. The molecule has 4 aromatic rings. The van der Waals surface area contributed by atoms with Gasteiger partial charge in [-0.25, -0.2) is 19.2 Å². The molecular formula is C19H14FN5O2. The van der Waals surface area contributed by atoms with Crippen molar-refractivity contribution in [3.63, 3.8) is 0 Å². The number of hydrogen-bond donors (Lipinski definition) is 2. The first-order valence-electron chi connectivity index (χ1n) is 8.06. The van der Waals surface area contributed by atoms with E-state index in [1.165, 1.54) is 18.2 Å². The van der Waals surface area contributed by atoms with Crippen LogP contribution >= 0.6 is 0 Å². The molecule has 0 bridgehead atoms. The normalized spacial score (nSPS) is 10.9. The highest BCUT2D eigenvalue weighted by Crippen LogP contribution is 2.32. The number of carbonyl (C=O) groups is 1. The molecule has 0 saturated carbocycles. The van der Waals surface area contributed by atoms with Crippen LogP contribution < -0.4 is 4.90 Å². The van der Waals surface area contributed by atoms with Crippen molar-refractivity contribution in [2.45, 2.75) is 0 Å². The summed E-state index contributed by atoms with van der Waals surface area (Å²) in [6.07, 6.45) is 3.34. The number of fused-ring (bicyclic) bond motifs is 1. The molecule has 4 rings (SSSR count). The monoisotopic (exact) mass is 363 g/mol. The minimum atomic E-state index is -1.10. The number of carboxylic acids is 1. The van der Waals surface area contributed by atoms with Crippen LogP contribution in [0.3, 0.4) is 0 Å². The molecule has 0 spiro atoms. The summed E-state index contributed by atoms with van der Waals surface area (Å²) in [4.78, 5) is 29.1. The second-order valence-electron chi connectivity index (χ2n) is 5.89. The lowest BCUT2D eigenvalue weighted by atomic mass is 10.1. The van der Waals surface area contributed by atoms with Gasteiger partial charge in [0.05, 0.1) is 11.9 Å². The van der Waals surface area contributed by atoms with Crippen molar-refractivity contribution in [1.29, 1.82) is 0 Å². The van der Waals surface area contributed by atoms with E-state index in [-0.39, 0.29) is 11.5 Å². The largest absolute Gasteiger partial charge is 0.477 e. The van der Waals surface area contributed by atoms with Crippen LogP contribution in [0.25, 0.3) is 22.4 Å². The molecular weight excluding hydrogens is 349 g/mol. The van der Waals surface area contributed by atoms with Crippen LogP contribution in [0.2, 0.25) is 0 Å². The molecule has 1 aromatic carbocycles. The van der Waals surface area contributed by atoms with Gasteiger partial charge in [0.15, 0.2) is 11.5 Å². The van der Waals surface area contributed by atoms with Crippen LogP contribution in [-0.2, 0) is 0 Å². The van der Waals surface area contributed by atoms with Crippen molar-refractivity contribution >= 4 is 28.6 Å². The summed E-state index contributed by atoms with van der Waals surface area (Å²) < 4.78 is 13.3. The number of pyridine rings is 1. The fourth-order valence-electron chi connectivity index (χ4n) is 2.76. The maximum absolute atomic E-state index is 13.3. The van der Waals surface area contributed by atoms with Gasteiger partial charge in [0, 0.05) is 18.8 Å². The summed E-state index contributed by atoms with van der Waals surface area (Å²) in [6, 6.07) is 11.0. The van der Waals surface area contributed by atoms with E-state index in [2.05, 4.69) is 19.9 Å². The summed E-state index contributed by atoms with van der Waals surface area (Å²) >= 11 is 0. The molecule has 3 heterocycles. The Bertz CT molecular complexity index is 1130. The van der Waals surface area contributed by atoms with Crippen molar-refractivity contribution in [1.82, 2.24) is 19.9 Å². The van der Waals surface area contributed by atoms with E-state index in [1.807, 2.05) is 6.07 Å². The topological polar surface area (TPSA) is 95.0 Å². The maximum Gasteiger partial charge on any atom is 0.352 e. The summed E-state index contributed by atoms with van der Waals surface area (Å²) in [5, 5.41) is 9.21. The van der Waals surface area contributed by atoms with Gasteiger partial charge in [-0.3, -0.25) is 4.98 Å². The van der Waals surface area contributed by atoms with Gasteiger partial charge < -0.3 is 15.0 Å². The van der Waals surface area contributed by atoms with Crippen LogP contribution in [0.1, 0.15) is 10.5 Å². The molecule has 0 saturated heterocycles. The third-order valence-electron chi connectivity index (χ3n) is 4.14. The van der Waals surface area contributed by atoms with Crippen LogP contribution in [-0.4, -0.2) is 38.1 Å². The minimum Gasteiger partial charge on any atom is -0.477 e. The summed E-state index contributed by atoms with van der Waals surface area (Å²) in [5.74, 6) is -0.967. The van der Waals surface area contributed by atoms with Crippen LogP contribution in [0.5, 0.6) is 0 Å². The van der Waals surface area contributed by atoms with E-state index < -0.39 is 5.97 Å². The van der Waals surface area contributed by atoms with Crippen molar-refractivity contribution in [2.24, 2.45) is 0 Å². The Balaban J connectivity index is 1.94. The Hall–Kier alpha value is -3.81. The Kier molecular flexibility index (Phi) is 4.00. The number of aromatic carboxylic acids is 1. The molecule has 2 N–H and O–H groups in total. The third kappa shape index (κ3) is 3.08. The molecule has 0 aliphatic carbocycles. The fourth-order valence-corrected chi connectivity index (χ4v) is 2.76. The predicted octanol–water partition coefficient (Wildman–Crippen LogP) is 3.63. The second-order valence-corrected chi connectivity index (χ2v) is 5.89. The van der Waals surface area contributed by atoms with Crippen molar-refractivity contribution in [3.05, 3.63) is 66.4 Å². The number of hydrogen-bond acceptors (Lipinski definition) is 5. The van der Waals surface area contributed by atoms with Crippen molar-refractivity contribution < 1.29 is 14.3 Å². The summed E-state index contributed by atoms with van der Waals surface area (Å²) in [6.45, 7) is 0. The smallest absolute Gasteiger partial charge is 0.352 e. The Morgan fingerprint density at radius 1 is 1.19 bits per heavy atom. The number of carboxylic acid groups (broad SMARTS) is 1. The van der Waals surface area contributed by atoms with Crippen LogP contribution in [0, 0.1) is 5.82 Å². The van der Waals surface area contributed by atoms with Gasteiger partial charge in [-0.1, -0.05) is 0 Å². The molecule has 0 fully saturated rings. The zero-order valence-corrected chi connectivity index (χ0v) is 14.2. The van der Waals surface area contributed by atoms with Crippen LogP contribution in [0.15, 0.2) is 54.9 Å². The first kappa shape index (κ1) is 16.6. The van der Waals surface area contributed by atoms with Gasteiger partial charge in [0.1, 0.15) is 22.7 Å². The molecule has 0 aliphatic heterocycles. The molecule has 0 unspecified atom stereocenters. The van der Waals surface area contributed by atoms with Gasteiger partial charge in [-0.15, -0.1) is 0 Å². The Morgan fingerprint density at radius 2 is 1.96 bits per heavy atom. The number of H-pyrrole nitrogens is 1. The van der Waals surface area contributed by atoms with Crippen molar-refractivity contribution in [2.75, 3.05) is 11.9 Å². The van der Waals surface area contributed by atoms with Crippen LogP contribution in [0.4, 0.5) is 15.9 Å². The summed E-state index contributed by atoms with van der Waals surface area (Å²) in [7, 11) is 1.81. The first-order valence-corrected chi connectivity index (χ1v) is 8.06. The van der Waals surface area contributed by atoms with Gasteiger partial charge >= 0.3 is 5.97 Å². The van der Waals surface area contributed by atoms with E-state index >= 15 is 0 Å². The fraction of sp³-hybridized carbons (Fsp3) is 0.0526. The standard InChI is InChI=1S/C19H14FN5O2/c1-25(13-3-2-8-21-10-13)18-16(11-4-6-12(20)7-5-11)22-14-9-15(19(26)27)23-17(14)24-18/h2-10H,1H3,(H,23,24)(H,26,27). The molecule has 7 nitrogen and oxygen atoms in total. The number of benzene rings is 1. The molecule has 134 valence electrons. The van der Waals surface area contributed by atoms with Gasteiger partial charge in [-0.2, -0.15) is 0 Å².